The number of benzene rings is 2. The number of para-hydroxylation sites is 1. The number of rotatable bonds is 5. The van der Waals surface area contributed by atoms with Gasteiger partial charge in [0, 0.05) is 11.3 Å². The summed E-state index contributed by atoms with van der Waals surface area (Å²) in [5, 5.41) is 6.69. The summed E-state index contributed by atoms with van der Waals surface area (Å²) in [4.78, 5) is 17.3. The summed E-state index contributed by atoms with van der Waals surface area (Å²) in [5.74, 6) is -0.303. The van der Waals surface area contributed by atoms with Crippen LogP contribution < -0.4 is 5.32 Å². The van der Waals surface area contributed by atoms with E-state index in [9.17, 15) is 4.79 Å². The van der Waals surface area contributed by atoms with Crippen LogP contribution in [0.1, 0.15) is 15.9 Å². The number of nitrogens with one attached hydrogen (secondary N) is 1. The van der Waals surface area contributed by atoms with Crippen molar-refractivity contribution < 1.29 is 9.63 Å². The predicted octanol–water partition coefficient (Wildman–Crippen LogP) is 5.95. The minimum absolute atomic E-state index is 0.303. The molecule has 0 bridgehead atoms. The van der Waals surface area contributed by atoms with E-state index in [4.69, 9.17) is 28.0 Å². The summed E-state index contributed by atoms with van der Waals surface area (Å²) in [6.07, 6.45) is 1.62. The first kappa shape index (κ1) is 18.5. The van der Waals surface area contributed by atoms with E-state index in [2.05, 4.69) is 10.5 Å². The van der Waals surface area contributed by atoms with Gasteiger partial charge in [0.25, 0.3) is 5.91 Å². The molecule has 0 radical (unpaired) electrons. The van der Waals surface area contributed by atoms with Gasteiger partial charge in [-0.3, -0.25) is 4.79 Å². The van der Waals surface area contributed by atoms with Crippen LogP contribution in [-0.4, -0.2) is 19.2 Å². The summed E-state index contributed by atoms with van der Waals surface area (Å²) in [7, 11) is 1.49. The van der Waals surface area contributed by atoms with E-state index in [1.165, 1.54) is 7.11 Å². The van der Waals surface area contributed by atoms with Crippen molar-refractivity contribution in [2.45, 2.75) is 0 Å². The van der Waals surface area contributed by atoms with E-state index in [0.29, 0.717) is 19.9 Å². The minimum atomic E-state index is -0.303. The molecule has 0 fully saturated rings. The van der Waals surface area contributed by atoms with Crippen molar-refractivity contribution in [3.8, 4) is 11.1 Å². The molecule has 1 amide bonds. The fraction of sp³-hybridized carbons (Fsp3) is 0.0526. The van der Waals surface area contributed by atoms with Crippen LogP contribution in [0.5, 0.6) is 0 Å². The minimum Gasteiger partial charge on any atom is -0.399 e. The summed E-state index contributed by atoms with van der Waals surface area (Å²) >= 11 is 13.2. The molecule has 0 atom stereocenters. The Morgan fingerprint density at radius 2 is 1.96 bits per heavy atom. The Kier molecular flexibility index (Phi) is 5.93. The molecule has 0 saturated heterocycles. The zero-order chi connectivity index (χ0) is 18.5. The van der Waals surface area contributed by atoms with Crippen molar-refractivity contribution in [2.24, 2.45) is 5.16 Å². The number of nitrogens with zero attached hydrogens (tertiary/aromatic N) is 1. The maximum atomic E-state index is 12.6. The molecular formula is C19H14Cl2N2O2S. The third kappa shape index (κ3) is 4.25. The molecule has 1 heterocycles. The van der Waals surface area contributed by atoms with Gasteiger partial charge in [-0.1, -0.05) is 64.8 Å². The molecule has 0 aliphatic rings. The third-order valence-electron chi connectivity index (χ3n) is 3.58. The molecule has 0 saturated carbocycles. The highest BCUT2D eigenvalue weighted by Gasteiger charge is 2.16. The molecule has 4 nitrogen and oxygen atoms in total. The fourth-order valence-corrected chi connectivity index (χ4v) is 3.89. The van der Waals surface area contributed by atoms with E-state index in [1.54, 1.807) is 12.3 Å². The zero-order valence-corrected chi connectivity index (χ0v) is 16.0. The van der Waals surface area contributed by atoms with E-state index >= 15 is 0 Å². The number of hydrogen-bond acceptors (Lipinski definition) is 4. The van der Waals surface area contributed by atoms with Crippen LogP contribution in [0.3, 0.4) is 0 Å². The highest BCUT2D eigenvalue weighted by molar-refractivity contribution is 7.20. The molecule has 7 heteroatoms. The normalized spacial score (nSPS) is 10.9. The van der Waals surface area contributed by atoms with Crippen molar-refractivity contribution in [2.75, 3.05) is 12.4 Å². The van der Waals surface area contributed by atoms with Gasteiger partial charge < -0.3 is 10.2 Å². The van der Waals surface area contributed by atoms with E-state index in [1.807, 2.05) is 48.5 Å². The number of carbonyl (C=O) groups is 1. The second-order valence-electron chi connectivity index (χ2n) is 5.28. The molecule has 1 aromatic heterocycles. The number of thiophene rings is 1. The van der Waals surface area contributed by atoms with Gasteiger partial charge in [0.1, 0.15) is 11.4 Å². The quantitative estimate of drug-likeness (QED) is 0.421. The first-order valence-electron chi connectivity index (χ1n) is 7.60. The molecule has 0 aliphatic carbocycles. The van der Waals surface area contributed by atoms with Gasteiger partial charge in [0.15, 0.2) is 0 Å². The summed E-state index contributed by atoms with van der Waals surface area (Å²) in [6.45, 7) is 0. The van der Waals surface area contributed by atoms with Crippen LogP contribution >= 0.6 is 34.5 Å². The van der Waals surface area contributed by atoms with Crippen molar-refractivity contribution in [3.63, 3.8) is 0 Å². The molecule has 0 unspecified atom stereocenters. The van der Waals surface area contributed by atoms with Crippen LogP contribution in [0.2, 0.25) is 8.67 Å². The van der Waals surface area contributed by atoms with E-state index < -0.39 is 0 Å². The van der Waals surface area contributed by atoms with Crippen molar-refractivity contribution >= 4 is 52.3 Å². The summed E-state index contributed by atoms with van der Waals surface area (Å²) in [6, 6.07) is 16.9. The second kappa shape index (κ2) is 8.36. The zero-order valence-electron chi connectivity index (χ0n) is 13.7. The van der Waals surface area contributed by atoms with Gasteiger partial charge in [-0.2, -0.15) is 0 Å². The molecule has 132 valence electrons. The number of halogens is 2. The van der Waals surface area contributed by atoms with Crippen molar-refractivity contribution in [3.05, 3.63) is 74.4 Å². The topological polar surface area (TPSA) is 50.7 Å². The lowest BCUT2D eigenvalue weighted by Crippen LogP contribution is -2.12. The third-order valence-corrected chi connectivity index (χ3v) is 5.07. The first-order valence-corrected chi connectivity index (χ1v) is 9.18. The lowest BCUT2D eigenvalue weighted by Gasteiger charge is -2.11. The Morgan fingerprint density at radius 1 is 1.15 bits per heavy atom. The van der Waals surface area contributed by atoms with Gasteiger partial charge in [-0.15, -0.1) is 11.3 Å². The summed E-state index contributed by atoms with van der Waals surface area (Å²) < 4.78 is 0.835. The van der Waals surface area contributed by atoms with Gasteiger partial charge in [-0.05, 0) is 29.3 Å². The molecule has 0 spiro atoms. The largest absolute Gasteiger partial charge is 0.399 e. The van der Waals surface area contributed by atoms with Gasteiger partial charge in [0.05, 0.1) is 16.1 Å². The average molecular weight is 405 g/mol. The van der Waals surface area contributed by atoms with Crippen molar-refractivity contribution in [1.29, 1.82) is 0 Å². The van der Waals surface area contributed by atoms with Crippen LogP contribution in [0.15, 0.2) is 59.8 Å². The van der Waals surface area contributed by atoms with E-state index in [-0.39, 0.29) is 5.91 Å². The molecular weight excluding hydrogens is 391 g/mol. The molecule has 3 aromatic rings. The maximum absolute atomic E-state index is 12.6. The second-order valence-corrected chi connectivity index (χ2v) is 7.57. The van der Waals surface area contributed by atoms with Gasteiger partial charge in [-0.25, -0.2) is 0 Å². The Morgan fingerprint density at radius 3 is 2.69 bits per heavy atom. The Bertz CT molecular complexity index is 970. The van der Waals surface area contributed by atoms with Crippen LogP contribution in [0.25, 0.3) is 11.1 Å². The number of anilines is 1. The standard InChI is InChI=1S/C19H14Cl2N2O2S/c1-25-22-11-12-5-4-6-13(9-12)14-7-2-3-8-16(14)23-19(24)15-10-17(20)26-18(15)21/h2-11H,1H3,(H,23,24). The number of carbonyl (C=O) groups excluding carboxylic acids is 1. The first-order chi connectivity index (χ1) is 12.6. The Labute approximate surface area is 165 Å². The molecule has 2 aromatic carbocycles. The lowest BCUT2D eigenvalue weighted by molar-refractivity contribution is 0.102. The van der Waals surface area contributed by atoms with Gasteiger partial charge in [0.2, 0.25) is 0 Å². The molecule has 3 rings (SSSR count). The smallest absolute Gasteiger partial charge is 0.258 e. The van der Waals surface area contributed by atoms with Crippen LogP contribution in [0, 0.1) is 0 Å². The van der Waals surface area contributed by atoms with Crippen LogP contribution in [-0.2, 0) is 4.84 Å². The Balaban J connectivity index is 1.93. The van der Waals surface area contributed by atoms with Crippen LogP contribution in [0.4, 0.5) is 5.69 Å². The SMILES string of the molecule is CON=Cc1cccc(-c2ccccc2NC(=O)c2cc(Cl)sc2Cl)c1. The maximum Gasteiger partial charge on any atom is 0.258 e. The fourth-order valence-electron chi connectivity index (χ4n) is 2.43. The Hall–Kier alpha value is -2.34. The van der Waals surface area contributed by atoms with Crippen molar-refractivity contribution in [1.82, 2.24) is 0 Å². The number of oxime groups is 1. The highest BCUT2D eigenvalue weighted by atomic mass is 35.5. The monoisotopic (exact) mass is 404 g/mol. The van der Waals surface area contributed by atoms with E-state index in [0.717, 1.165) is 28.0 Å². The van der Waals surface area contributed by atoms with Gasteiger partial charge >= 0.3 is 0 Å². The highest BCUT2D eigenvalue weighted by Crippen LogP contribution is 2.33. The lowest BCUT2D eigenvalue weighted by atomic mass is 10.0. The summed E-state index contributed by atoms with van der Waals surface area (Å²) in [5.41, 5.74) is 3.74. The average Bonchev–Trinajstić information content (AvgIpc) is 2.99. The number of amides is 1. The predicted molar refractivity (Wildman–Crippen MR) is 109 cm³/mol. The molecule has 26 heavy (non-hydrogen) atoms. The molecule has 1 N–H and O–H groups in total. The number of hydrogen-bond donors (Lipinski definition) is 1. The molecule has 0 aliphatic heterocycles.